The number of amidine groups is 1. The van der Waals surface area contributed by atoms with Gasteiger partial charge in [-0.2, -0.15) is 0 Å². The Hall–Kier alpha value is -2.33. The Morgan fingerprint density at radius 2 is 1.62 bits per heavy atom. The highest BCUT2D eigenvalue weighted by Crippen LogP contribution is 2.36. The molecule has 1 amide bonds. The summed E-state index contributed by atoms with van der Waals surface area (Å²) in [4.78, 5) is 20.3. The van der Waals surface area contributed by atoms with Crippen LogP contribution in [-0.2, 0) is 4.79 Å². The molecule has 0 aromatic heterocycles. The average molecular weight is 365 g/mol. The number of aryl methyl sites for hydroxylation is 2. The number of hydrogen-bond acceptors (Lipinski definition) is 3. The lowest BCUT2D eigenvalue weighted by molar-refractivity contribution is -0.123. The fraction of sp³-hybridized carbons (Fsp3) is 0.273. The van der Waals surface area contributed by atoms with Crippen LogP contribution in [0.3, 0.4) is 0 Å². The molecule has 0 unspecified atom stereocenters. The van der Waals surface area contributed by atoms with Gasteiger partial charge in [0.15, 0.2) is 5.17 Å². The van der Waals surface area contributed by atoms with Crippen LogP contribution >= 0.6 is 11.8 Å². The standard InChI is InChI=1S/C22H24N2OS/c1-5-17(4)24-21(25)20(14-18-10-6-15(2)7-11-18)26-22(24)23-19-12-8-16(3)9-13-19/h6-14,17H,5H2,1-4H3/b20-14+,23-22?/t17-/m0/s1. The van der Waals surface area contributed by atoms with Crippen molar-refractivity contribution in [2.75, 3.05) is 0 Å². The Bertz CT molecular complexity index is 851. The number of hydrogen-bond donors (Lipinski definition) is 0. The van der Waals surface area contributed by atoms with Crippen LogP contribution in [0.5, 0.6) is 0 Å². The zero-order valence-electron chi connectivity index (χ0n) is 15.7. The monoisotopic (exact) mass is 364 g/mol. The molecule has 0 saturated carbocycles. The lowest BCUT2D eigenvalue weighted by Crippen LogP contribution is -2.36. The van der Waals surface area contributed by atoms with Gasteiger partial charge in [-0.05, 0) is 62.7 Å². The van der Waals surface area contributed by atoms with Gasteiger partial charge in [-0.15, -0.1) is 0 Å². The van der Waals surface area contributed by atoms with E-state index < -0.39 is 0 Å². The molecule has 0 N–H and O–H groups in total. The van der Waals surface area contributed by atoms with Gasteiger partial charge in [0.25, 0.3) is 5.91 Å². The quantitative estimate of drug-likeness (QED) is 0.651. The summed E-state index contributed by atoms with van der Waals surface area (Å²) in [6.45, 7) is 8.27. The second-order valence-electron chi connectivity index (χ2n) is 6.68. The van der Waals surface area contributed by atoms with Crippen molar-refractivity contribution in [1.82, 2.24) is 4.90 Å². The van der Waals surface area contributed by atoms with Gasteiger partial charge < -0.3 is 0 Å². The van der Waals surface area contributed by atoms with E-state index in [1.54, 1.807) is 0 Å². The highest BCUT2D eigenvalue weighted by Gasteiger charge is 2.36. The second kappa shape index (κ2) is 7.92. The first kappa shape index (κ1) is 18.5. The van der Waals surface area contributed by atoms with Gasteiger partial charge in [-0.3, -0.25) is 9.69 Å². The molecule has 0 spiro atoms. The van der Waals surface area contributed by atoms with Crippen LogP contribution in [0, 0.1) is 13.8 Å². The molecule has 3 rings (SSSR count). The fourth-order valence-corrected chi connectivity index (χ4v) is 3.77. The molecule has 1 fully saturated rings. The summed E-state index contributed by atoms with van der Waals surface area (Å²) in [7, 11) is 0. The first-order valence-electron chi connectivity index (χ1n) is 8.93. The van der Waals surface area contributed by atoms with Crippen LogP contribution < -0.4 is 0 Å². The summed E-state index contributed by atoms with van der Waals surface area (Å²) >= 11 is 1.46. The molecule has 0 radical (unpaired) electrons. The van der Waals surface area contributed by atoms with Crippen molar-refractivity contribution in [3.8, 4) is 0 Å². The summed E-state index contributed by atoms with van der Waals surface area (Å²) in [5.41, 5.74) is 4.31. The van der Waals surface area contributed by atoms with E-state index in [4.69, 9.17) is 4.99 Å². The van der Waals surface area contributed by atoms with Crippen molar-refractivity contribution in [2.45, 2.75) is 40.2 Å². The van der Waals surface area contributed by atoms with Gasteiger partial charge in [0.05, 0.1) is 10.6 Å². The Kier molecular flexibility index (Phi) is 5.62. The summed E-state index contributed by atoms with van der Waals surface area (Å²) in [6, 6.07) is 16.4. The molecular weight excluding hydrogens is 340 g/mol. The van der Waals surface area contributed by atoms with E-state index in [-0.39, 0.29) is 11.9 Å². The summed E-state index contributed by atoms with van der Waals surface area (Å²) in [6.07, 6.45) is 2.84. The Morgan fingerprint density at radius 1 is 1.04 bits per heavy atom. The van der Waals surface area contributed by atoms with Crippen molar-refractivity contribution >= 4 is 34.6 Å². The third kappa shape index (κ3) is 4.07. The van der Waals surface area contributed by atoms with Crippen LogP contribution in [0.25, 0.3) is 6.08 Å². The maximum absolute atomic E-state index is 13.0. The van der Waals surface area contributed by atoms with Crippen molar-refractivity contribution in [2.24, 2.45) is 4.99 Å². The van der Waals surface area contributed by atoms with Gasteiger partial charge in [0.2, 0.25) is 0 Å². The zero-order chi connectivity index (χ0) is 18.7. The first-order chi connectivity index (χ1) is 12.5. The molecule has 2 aromatic carbocycles. The number of carbonyl (C=O) groups excluding carboxylic acids is 1. The highest BCUT2D eigenvalue weighted by molar-refractivity contribution is 8.18. The van der Waals surface area contributed by atoms with Crippen LogP contribution in [-0.4, -0.2) is 22.0 Å². The van der Waals surface area contributed by atoms with Crippen LogP contribution in [0.15, 0.2) is 58.4 Å². The molecule has 4 heteroatoms. The molecule has 0 bridgehead atoms. The third-order valence-electron chi connectivity index (χ3n) is 4.50. The topological polar surface area (TPSA) is 32.7 Å². The second-order valence-corrected chi connectivity index (χ2v) is 7.69. The number of nitrogens with zero attached hydrogens (tertiary/aromatic N) is 2. The number of carbonyl (C=O) groups is 1. The minimum atomic E-state index is 0.0378. The van der Waals surface area contributed by atoms with Gasteiger partial charge >= 0.3 is 0 Å². The predicted octanol–water partition coefficient (Wildman–Crippen LogP) is 5.71. The van der Waals surface area contributed by atoms with Crippen molar-refractivity contribution in [1.29, 1.82) is 0 Å². The summed E-state index contributed by atoms with van der Waals surface area (Å²) in [5, 5.41) is 0.756. The van der Waals surface area contributed by atoms with E-state index in [9.17, 15) is 4.79 Å². The molecule has 1 aliphatic heterocycles. The maximum atomic E-state index is 13.0. The smallest absolute Gasteiger partial charge is 0.266 e. The molecular formula is C22H24N2OS. The van der Waals surface area contributed by atoms with Gasteiger partial charge in [0, 0.05) is 6.04 Å². The largest absolute Gasteiger partial charge is 0.284 e. The fourth-order valence-electron chi connectivity index (χ4n) is 2.68. The number of thioether (sulfide) groups is 1. The zero-order valence-corrected chi connectivity index (χ0v) is 16.5. The van der Waals surface area contributed by atoms with E-state index in [1.807, 2.05) is 47.4 Å². The minimum absolute atomic E-state index is 0.0378. The van der Waals surface area contributed by atoms with Crippen molar-refractivity contribution in [3.05, 3.63) is 70.1 Å². The summed E-state index contributed by atoms with van der Waals surface area (Å²) < 4.78 is 0. The lowest BCUT2D eigenvalue weighted by Gasteiger charge is -2.22. The molecule has 1 aliphatic rings. The SMILES string of the molecule is CC[C@H](C)N1C(=O)/C(=C\c2ccc(C)cc2)SC1=Nc1ccc(C)cc1. The number of benzene rings is 2. The van der Waals surface area contributed by atoms with Crippen LogP contribution in [0.2, 0.25) is 0 Å². The van der Waals surface area contributed by atoms with Crippen molar-refractivity contribution < 1.29 is 4.79 Å². The number of amides is 1. The molecule has 26 heavy (non-hydrogen) atoms. The molecule has 1 heterocycles. The summed E-state index contributed by atoms with van der Waals surface area (Å²) in [5.74, 6) is 0.0378. The van der Waals surface area contributed by atoms with Gasteiger partial charge in [-0.1, -0.05) is 54.4 Å². The van der Waals surface area contributed by atoms with Gasteiger partial charge in [0.1, 0.15) is 0 Å². The normalized spacial score (nSPS) is 18.8. The molecule has 1 atom stereocenters. The minimum Gasteiger partial charge on any atom is -0.284 e. The average Bonchev–Trinajstić information content (AvgIpc) is 2.93. The van der Waals surface area contributed by atoms with E-state index in [0.717, 1.165) is 27.7 Å². The highest BCUT2D eigenvalue weighted by atomic mass is 32.2. The van der Waals surface area contributed by atoms with Crippen LogP contribution in [0.4, 0.5) is 5.69 Å². The Morgan fingerprint density at radius 3 is 2.19 bits per heavy atom. The molecule has 0 aliphatic carbocycles. The van der Waals surface area contributed by atoms with Gasteiger partial charge in [-0.25, -0.2) is 4.99 Å². The molecule has 1 saturated heterocycles. The van der Waals surface area contributed by atoms with E-state index in [2.05, 4.69) is 39.8 Å². The van der Waals surface area contributed by atoms with Crippen molar-refractivity contribution in [3.63, 3.8) is 0 Å². The molecule has 134 valence electrons. The molecule has 3 nitrogen and oxygen atoms in total. The maximum Gasteiger partial charge on any atom is 0.266 e. The number of rotatable bonds is 4. The van der Waals surface area contributed by atoms with E-state index in [1.165, 1.54) is 22.9 Å². The number of aliphatic imine (C=N–C) groups is 1. The Balaban J connectivity index is 1.96. The first-order valence-corrected chi connectivity index (χ1v) is 9.74. The third-order valence-corrected chi connectivity index (χ3v) is 5.49. The lowest BCUT2D eigenvalue weighted by atomic mass is 10.1. The Labute approximate surface area is 159 Å². The van der Waals surface area contributed by atoms with E-state index >= 15 is 0 Å². The predicted molar refractivity (Wildman–Crippen MR) is 112 cm³/mol. The van der Waals surface area contributed by atoms with Crippen LogP contribution in [0.1, 0.15) is 37.0 Å². The molecule has 2 aromatic rings. The van der Waals surface area contributed by atoms with E-state index in [0.29, 0.717) is 0 Å².